The monoisotopic (exact) mass is 279 g/mol. The van der Waals surface area contributed by atoms with Gasteiger partial charge in [0.1, 0.15) is 0 Å². The molecule has 1 aliphatic rings. The van der Waals surface area contributed by atoms with Crippen molar-refractivity contribution in [3.63, 3.8) is 0 Å². The van der Waals surface area contributed by atoms with Crippen LogP contribution in [-0.2, 0) is 6.42 Å². The van der Waals surface area contributed by atoms with Gasteiger partial charge < -0.3 is 11.1 Å². The van der Waals surface area contributed by atoms with Crippen LogP contribution in [-0.4, -0.2) is 27.9 Å². The molecular formula is C13H15F2N5. The molecule has 0 radical (unpaired) electrons. The summed E-state index contributed by atoms with van der Waals surface area (Å²) in [5.74, 6) is -0.380. The molecule has 0 amide bonds. The summed E-state index contributed by atoms with van der Waals surface area (Å²) in [7, 11) is 0. The Bertz CT molecular complexity index is 625. The molecule has 0 saturated carbocycles. The molecule has 1 unspecified atom stereocenters. The Hall–Kier alpha value is -2.02. The van der Waals surface area contributed by atoms with Crippen molar-refractivity contribution in [3.05, 3.63) is 41.2 Å². The molecule has 3 N–H and O–H groups in total. The Morgan fingerprint density at radius 1 is 1.35 bits per heavy atom. The Balaban J connectivity index is 1.98. The Morgan fingerprint density at radius 3 is 2.95 bits per heavy atom. The maximum atomic E-state index is 13.4. The van der Waals surface area contributed by atoms with Gasteiger partial charge in [-0.15, -0.1) is 0 Å². The highest BCUT2D eigenvalue weighted by Gasteiger charge is 2.24. The summed E-state index contributed by atoms with van der Waals surface area (Å²) in [6.45, 7) is 1.18. The fraction of sp³-hybridized carbons (Fsp3) is 0.385. The molecule has 0 fully saturated rings. The number of nitrogens with zero attached hydrogens (tertiary/aromatic N) is 3. The van der Waals surface area contributed by atoms with Crippen molar-refractivity contribution in [1.82, 2.24) is 14.8 Å². The second-order valence-corrected chi connectivity index (χ2v) is 4.74. The van der Waals surface area contributed by atoms with Crippen LogP contribution in [0.15, 0.2) is 18.2 Å². The van der Waals surface area contributed by atoms with Gasteiger partial charge in [-0.3, -0.25) is 0 Å². The first kappa shape index (κ1) is 13.0. The third-order valence-electron chi connectivity index (χ3n) is 3.37. The Kier molecular flexibility index (Phi) is 3.35. The predicted molar refractivity (Wildman–Crippen MR) is 70.4 cm³/mol. The smallest absolute Gasteiger partial charge is 0.221 e. The van der Waals surface area contributed by atoms with E-state index >= 15 is 0 Å². The average Bonchev–Trinajstić information content (AvgIpc) is 2.84. The number of anilines is 1. The summed E-state index contributed by atoms with van der Waals surface area (Å²) in [6, 6.07) is 3.81. The van der Waals surface area contributed by atoms with Gasteiger partial charge in [0.15, 0.2) is 17.5 Å². The van der Waals surface area contributed by atoms with E-state index in [1.54, 1.807) is 10.7 Å². The standard InChI is InChI=1S/C13H15F2N5/c14-9-2-1-8(7-10(9)15)11-4-6-17-13-18-12(3-5-16)19-20(11)13/h1-2,7,11H,3-6,16H2,(H,17,18,19). The van der Waals surface area contributed by atoms with Crippen LogP contribution in [0.1, 0.15) is 23.9 Å². The Labute approximate surface area is 114 Å². The van der Waals surface area contributed by atoms with E-state index in [0.717, 1.165) is 12.5 Å². The van der Waals surface area contributed by atoms with Crippen LogP contribution in [0, 0.1) is 11.6 Å². The zero-order valence-electron chi connectivity index (χ0n) is 10.8. The van der Waals surface area contributed by atoms with Crippen LogP contribution < -0.4 is 11.1 Å². The lowest BCUT2D eigenvalue weighted by atomic mass is 10.0. The number of hydrogen-bond donors (Lipinski definition) is 2. The number of benzene rings is 1. The van der Waals surface area contributed by atoms with Crippen LogP contribution in [0.5, 0.6) is 0 Å². The molecule has 5 nitrogen and oxygen atoms in total. The normalized spacial score (nSPS) is 17.6. The second-order valence-electron chi connectivity index (χ2n) is 4.74. The number of halogens is 2. The van der Waals surface area contributed by atoms with Crippen molar-refractivity contribution >= 4 is 5.95 Å². The van der Waals surface area contributed by atoms with Gasteiger partial charge in [-0.1, -0.05) is 6.07 Å². The summed E-state index contributed by atoms with van der Waals surface area (Å²) < 4.78 is 28.1. The van der Waals surface area contributed by atoms with Crippen molar-refractivity contribution in [2.24, 2.45) is 5.73 Å². The number of rotatable bonds is 3. The average molecular weight is 279 g/mol. The minimum absolute atomic E-state index is 0.139. The van der Waals surface area contributed by atoms with E-state index in [9.17, 15) is 8.78 Å². The van der Waals surface area contributed by atoms with Crippen molar-refractivity contribution in [2.75, 3.05) is 18.4 Å². The fourth-order valence-corrected chi connectivity index (χ4v) is 2.41. The molecule has 1 atom stereocenters. The minimum atomic E-state index is -0.843. The van der Waals surface area contributed by atoms with Gasteiger partial charge in [-0.05, 0) is 30.7 Å². The lowest BCUT2D eigenvalue weighted by Gasteiger charge is -2.24. The van der Waals surface area contributed by atoms with Gasteiger partial charge in [-0.25, -0.2) is 13.5 Å². The van der Waals surface area contributed by atoms with Crippen molar-refractivity contribution in [3.8, 4) is 0 Å². The van der Waals surface area contributed by atoms with E-state index in [0.29, 0.717) is 36.8 Å². The van der Waals surface area contributed by atoms with E-state index in [1.807, 2.05) is 0 Å². The molecule has 1 aromatic carbocycles. The molecule has 1 aromatic heterocycles. The molecule has 0 aliphatic carbocycles. The summed E-state index contributed by atoms with van der Waals surface area (Å²) in [6.07, 6.45) is 1.33. The molecule has 7 heteroatoms. The van der Waals surface area contributed by atoms with Crippen molar-refractivity contribution in [2.45, 2.75) is 18.9 Å². The van der Waals surface area contributed by atoms with Crippen LogP contribution >= 0.6 is 0 Å². The third-order valence-corrected chi connectivity index (χ3v) is 3.37. The molecule has 1 aliphatic heterocycles. The predicted octanol–water partition coefficient (Wildman–Crippen LogP) is 1.46. The molecule has 0 spiro atoms. The van der Waals surface area contributed by atoms with E-state index in [4.69, 9.17) is 5.73 Å². The highest BCUT2D eigenvalue weighted by Crippen LogP contribution is 2.29. The Morgan fingerprint density at radius 2 is 2.20 bits per heavy atom. The van der Waals surface area contributed by atoms with Gasteiger partial charge in [0.2, 0.25) is 5.95 Å². The number of fused-ring (bicyclic) bond motifs is 1. The van der Waals surface area contributed by atoms with Crippen molar-refractivity contribution in [1.29, 1.82) is 0 Å². The number of nitrogens with one attached hydrogen (secondary N) is 1. The summed E-state index contributed by atoms with van der Waals surface area (Å²) in [5, 5.41) is 7.55. The minimum Gasteiger partial charge on any atom is -0.354 e. The molecule has 20 heavy (non-hydrogen) atoms. The van der Waals surface area contributed by atoms with Gasteiger partial charge in [0, 0.05) is 13.0 Å². The zero-order valence-corrected chi connectivity index (χ0v) is 10.8. The third kappa shape index (κ3) is 2.24. The van der Waals surface area contributed by atoms with E-state index in [1.165, 1.54) is 6.07 Å². The number of nitrogens with two attached hydrogens (primary N) is 1. The maximum Gasteiger partial charge on any atom is 0.221 e. The maximum absolute atomic E-state index is 13.4. The first-order valence-corrected chi connectivity index (χ1v) is 6.53. The van der Waals surface area contributed by atoms with Gasteiger partial charge in [0.25, 0.3) is 0 Å². The second kappa shape index (κ2) is 5.16. The zero-order chi connectivity index (χ0) is 14.1. The van der Waals surface area contributed by atoms with E-state index < -0.39 is 11.6 Å². The highest BCUT2D eigenvalue weighted by molar-refractivity contribution is 5.33. The molecule has 2 heterocycles. The van der Waals surface area contributed by atoms with Crippen LogP contribution in [0.25, 0.3) is 0 Å². The summed E-state index contributed by atoms with van der Waals surface area (Å²) >= 11 is 0. The van der Waals surface area contributed by atoms with E-state index in [-0.39, 0.29) is 6.04 Å². The van der Waals surface area contributed by atoms with E-state index in [2.05, 4.69) is 15.4 Å². The van der Waals surface area contributed by atoms with Crippen LogP contribution in [0.3, 0.4) is 0 Å². The van der Waals surface area contributed by atoms with Crippen LogP contribution in [0.2, 0.25) is 0 Å². The van der Waals surface area contributed by atoms with Gasteiger partial charge in [0.05, 0.1) is 6.04 Å². The fourth-order valence-electron chi connectivity index (χ4n) is 2.41. The largest absolute Gasteiger partial charge is 0.354 e. The molecule has 3 rings (SSSR count). The number of hydrogen-bond acceptors (Lipinski definition) is 4. The molecule has 0 bridgehead atoms. The first-order valence-electron chi connectivity index (χ1n) is 6.53. The van der Waals surface area contributed by atoms with Gasteiger partial charge in [-0.2, -0.15) is 10.1 Å². The quantitative estimate of drug-likeness (QED) is 0.892. The molecule has 2 aromatic rings. The lowest BCUT2D eigenvalue weighted by molar-refractivity contribution is 0.465. The summed E-state index contributed by atoms with van der Waals surface area (Å²) in [4.78, 5) is 4.35. The van der Waals surface area contributed by atoms with Crippen molar-refractivity contribution < 1.29 is 8.78 Å². The first-order chi connectivity index (χ1) is 9.69. The van der Waals surface area contributed by atoms with Gasteiger partial charge >= 0.3 is 0 Å². The molecule has 106 valence electrons. The summed E-state index contributed by atoms with van der Waals surface area (Å²) in [5.41, 5.74) is 6.19. The molecule has 0 saturated heterocycles. The lowest BCUT2D eigenvalue weighted by Crippen LogP contribution is -2.24. The molecular weight excluding hydrogens is 264 g/mol. The van der Waals surface area contributed by atoms with Crippen LogP contribution in [0.4, 0.5) is 14.7 Å². The SMILES string of the molecule is NCCc1nc2n(n1)C(c1ccc(F)c(F)c1)CCN2. The number of aromatic nitrogens is 3. The topological polar surface area (TPSA) is 68.8 Å². The highest BCUT2D eigenvalue weighted by atomic mass is 19.2.